The highest BCUT2D eigenvalue weighted by Crippen LogP contribution is 2.21. The van der Waals surface area contributed by atoms with Gasteiger partial charge >= 0.3 is 0 Å². The highest BCUT2D eigenvalue weighted by molar-refractivity contribution is 6.01. The molecule has 0 saturated carbocycles. The van der Waals surface area contributed by atoms with E-state index in [4.69, 9.17) is 4.98 Å². The van der Waals surface area contributed by atoms with Gasteiger partial charge in [-0.1, -0.05) is 36.1 Å². The van der Waals surface area contributed by atoms with Gasteiger partial charge in [0.15, 0.2) is 5.65 Å². The van der Waals surface area contributed by atoms with Crippen molar-refractivity contribution in [1.82, 2.24) is 34.4 Å². The van der Waals surface area contributed by atoms with Crippen LogP contribution in [0, 0.1) is 25.7 Å². The van der Waals surface area contributed by atoms with E-state index >= 15 is 0 Å². The van der Waals surface area contributed by atoms with Crippen LogP contribution in [0.4, 0.5) is 0 Å². The number of hydrogen-bond donors (Lipinski definition) is 1. The summed E-state index contributed by atoms with van der Waals surface area (Å²) in [6.07, 6.45) is 5.07. The molecule has 0 spiro atoms. The topological polar surface area (TPSA) is 107 Å². The molecule has 0 fully saturated rings. The molecule has 2 aromatic carbocycles. The van der Waals surface area contributed by atoms with Crippen LogP contribution in [0.5, 0.6) is 0 Å². The molecule has 0 bridgehead atoms. The van der Waals surface area contributed by atoms with Crippen molar-refractivity contribution in [1.29, 1.82) is 0 Å². The summed E-state index contributed by atoms with van der Waals surface area (Å²) in [5, 5.41) is 7.80. The minimum atomic E-state index is -0.634. The molecule has 0 aliphatic rings. The van der Waals surface area contributed by atoms with Gasteiger partial charge in [0.05, 0.1) is 34.0 Å². The van der Waals surface area contributed by atoms with Gasteiger partial charge in [0.1, 0.15) is 11.4 Å². The van der Waals surface area contributed by atoms with Gasteiger partial charge in [-0.05, 0) is 63.2 Å². The van der Waals surface area contributed by atoms with E-state index in [0.29, 0.717) is 44.9 Å². The molecule has 1 amide bonds. The second-order valence-electron chi connectivity index (χ2n) is 9.58. The number of carbonyl (C=O) groups is 1. The van der Waals surface area contributed by atoms with Gasteiger partial charge in [-0.25, -0.2) is 14.5 Å². The summed E-state index contributed by atoms with van der Waals surface area (Å²) in [5.41, 5.74) is 4.36. The van der Waals surface area contributed by atoms with Gasteiger partial charge < -0.3 is 5.32 Å². The number of para-hydroxylation sites is 1. The van der Waals surface area contributed by atoms with Crippen LogP contribution in [0.1, 0.15) is 51.7 Å². The molecule has 1 unspecified atom stereocenters. The van der Waals surface area contributed by atoms with Gasteiger partial charge in [-0.3, -0.25) is 19.1 Å². The van der Waals surface area contributed by atoms with Crippen LogP contribution in [0.3, 0.4) is 0 Å². The molecule has 1 atom stereocenters. The fourth-order valence-corrected chi connectivity index (χ4v) is 4.82. The summed E-state index contributed by atoms with van der Waals surface area (Å²) in [6, 6.07) is 19.5. The Morgan fingerprint density at radius 2 is 1.63 bits per heavy atom. The zero-order valence-electron chi connectivity index (χ0n) is 22.7. The summed E-state index contributed by atoms with van der Waals surface area (Å²) in [6.45, 7) is 5.45. The molecule has 4 aromatic heterocycles. The lowest BCUT2D eigenvalue weighted by molar-refractivity contribution is 0.0938. The fraction of sp³-hybridized carbons (Fsp3) is 0.125. The quantitative estimate of drug-likeness (QED) is 0.334. The molecular weight excluding hydrogens is 514 g/mol. The largest absolute Gasteiger partial charge is 0.342 e. The first-order valence-electron chi connectivity index (χ1n) is 13.1. The Balaban J connectivity index is 1.48. The van der Waals surface area contributed by atoms with E-state index in [1.165, 1.54) is 4.57 Å². The average Bonchev–Trinajstić information content (AvgIpc) is 3.32. The van der Waals surface area contributed by atoms with Crippen LogP contribution in [0.15, 0.2) is 90.1 Å². The number of aryl methyl sites for hydroxylation is 2. The van der Waals surface area contributed by atoms with Gasteiger partial charge in [0, 0.05) is 29.7 Å². The number of hydrogen-bond acceptors (Lipinski definition) is 6. The first kappa shape index (κ1) is 25.6. The molecule has 4 heterocycles. The Kier molecular flexibility index (Phi) is 6.57. The third kappa shape index (κ3) is 4.72. The van der Waals surface area contributed by atoms with Crippen molar-refractivity contribution in [3.63, 3.8) is 0 Å². The lowest BCUT2D eigenvalue weighted by Crippen LogP contribution is -2.33. The van der Waals surface area contributed by atoms with E-state index in [9.17, 15) is 9.59 Å². The molecule has 6 rings (SSSR count). The van der Waals surface area contributed by atoms with Crippen LogP contribution < -0.4 is 10.9 Å². The molecule has 0 aliphatic heterocycles. The number of pyridine rings is 1. The van der Waals surface area contributed by atoms with Crippen molar-refractivity contribution in [3.05, 3.63) is 130 Å². The Hall–Kier alpha value is -5.62. The second kappa shape index (κ2) is 10.5. The fourth-order valence-electron chi connectivity index (χ4n) is 4.82. The molecule has 41 heavy (non-hydrogen) atoms. The van der Waals surface area contributed by atoms with Crippen molar-refractivity contribution >= 4 is 22.5 Å². The van der Waals surface area contributed by atoms with Gasteiger partial charge in [-0.2, -0.15) is 5.10 Å². The number of amides is 1. The SMILES string of the molecule is Cc1ncccc1C#Cc1cccc2nc(C(C)NC(=O)c3c(C)nn4cccnc34)n(-c3ccccc3)c(=O)c12. The molecule has 6 aromatic rings. The number of nitrogens with zero attached hydrogens (tertiary/aromatic N) is 6. The van der Waals surface area contributed by atoms with Crippen molar-refractivity contribution in [2.24, 2.45) is 0 Å². The number of rotatable bonds is 4. The van der Waals surface area contributed by atoms with Crippen molar-refractivity contribution in [3.8, 4) is 17.5 Å². The van der Waals surface area contributed by atoms with Crippen LogP contribution in [0.2, 0.25) is 0 Å². The predicted octanol–water partition coefficient (Wildman–Crippen LogP) is 4.33. The number of fused-ring (bicyclic) bond motifs is 2. The van der Waals surface area contributed by atoms with Crippen molar-refractivity contribution in [2.45, 2.75) is 26.8 Å². The number of carbonyl (C=O) groups excluding carboxylic acids is 1. The highest BCUT2D eigenvalue weighted by Gasteiger charge is 2.24. The molecule has 0 saturated heterocycles. The van der Waals surface area contributed by atoms with Crippen LogP contribution in [-0.4, -0.2) is 35.0 Å². The Morgan fingerprint density at radius 1 is 0.878 bits per heavy atom. The monoisotopic (exact) mass is 539 g/mol. The first-order chi connectivity index (χ1) is 19.9. The molecule has 9 heteroatoms. The maximum Gasteiger partial charge on any atom is 0.267 e. The molecule has 0 radical (unpaired) electrons. The number of benzene rings is 2. The Morgan fingerprint density at radius 3 is 2.44 bits per heavy atom. The van der Waals surface area contributed by atoms with Crippen LogP contribution in [-0.2, 0) is 0 Å². The standard InChI is InChI=1S/C32H25N7O2/c1-20-23(11-8-17-33-20)15-16-24-10-7-14-26-28(24)32(41)39(25-12-5-4-6-13-25)29(36-26)22(3)35-31(40)27-21(2)37-38-19-9-18-34-30(27)38/h4-14,17-19,22H,1-3H3,(H,35,40). The molecule has 0 aliphatic carbocycles. The number of nitrogens with one attached hydrogen (secondary N) is 1. The van der Waals surface area contributed by atoms with E-state index in [1.807, 2.05) is 61.5 Å². The van der Waals surface area contributed by atoms with E-state index in [0.717, 1.165) is 11.3 Å². The number of aromatic nitrogens is 6. The second-order valence-corrected chi connectivity index (χ2v) is 9.58. The maximum absolute atomic E-state index is 14.2. The van der Waals surface area contributed by atoms with Crippen molar-refractivity contribution < 1.29 is 4.79 Å². The summed E-state index contributed by atoms with van der Waals surface area (Å²) in [7, 11) is 0. The van der Waals surface area contributed by atoms with Crippen LogP contribution >= 0.6 is 0 Å². The molecule has 200 valence electrons. The third-order valence-corrected chi connectivity index (χ3v) is 6.81. The van der Waals surface area contributed by atoms with E-state index < -0.39 is 6.04 Å². The minimum Gasteiger partial charge on any atom is -0.342 e. The molecule has 1 N–H and O–H groups in total. The lowest BCUT2D eigenvalue weighted by Gasteiger charge is -2.20. The Labute approximate surface area is 235 Å². The molecule has 9 nitrogen and oxygen atoms in total. The first-order valence-corrected chi connectivity index (χ1v) is 13.1. The summed E-state index contributed by atoms with van der Waals surface area (Å²) >= 11 is 0. The summed E-state index contributed by atoms with van der Waals surface area (Å²) in [5.74, 6) is 6.33. The van der Waals surface area contributed by atoms with Gasteiger partial charge in [0.2, 0.25) is 0 Å². The van der Waals surface area contributed by atoms with Gasteiger partial charge in [-0.15, -0.1) is 0 Å². The zero-order chi connectivity index (χ0) is 28.5. The molecular formula is C32H25N7O2. The lowest BCUT2D eigenvalue weighted by atomic mass is 10.1. The van der Waals surface area contributed by atoms with Crippen molar-refractivity contribution in [2.75, 3.05) is 0 Å². The van der Waals surface area contributed by atoms with Gasteiger partial charge in [0.25, 0.3) is 11.5 Å². The normalized spacial score (nSPS) is 11.7. The van der Waals surface area contributed by atoms with E-state index in [2.05, 4.69) is 32.2 Å². The minimum absolute atomic E-state index is 0.279. The average molecular weight is 540 g/mol. The summed E-state index contributed by atoms with van der Waals surface area (Å²) in [4.78, 5) is 41.2. The van der Waals surface area contributed by atoms with E-state index in [-0.39, 0.29) is 11.5 Å². The van der Waals surface area contributed by atoms with E-state index in [1.54, 1.807) is 49.1 Å². The smallest absolute Gasteiger partial charge is 0.267 e. The maximum atomic E-state index is 14.2. The highest BCUT2D eigenvalue weighted by atomic mass is 16.2. The Bertz CT molecular complexity index is 2070. The summed E-state index contributed by atoms with van der Waals surface area (Å²) < 4.78 is 3.10. The predicted molar refractivity (Wildman–Crippen MR) is 156 cm³/mol. The third-order valence-electron chi connectivity index (χ3n) is 6.81. The van der Waals surface area contributed by atoms with Crippen LogP contribution in [0.25, 0.3) is 22.2 Å². The zero-order valence-corrected chi connectivity index (χ0v) is 22.7.